The van der Waals surface area contributed by atoms with Crippen molar-refractivity contribution in [3.05, 3.63) is 77.2 Å². The summed E-state index contributed by atoms with van der Waals surface area (Å²) in [6.07, 6.45) is 2.96. The van der Waals surface area contributed by atoms with E-state index in [1.165, 1.54) is 18.6 Å². The number of ether oxygens (including phenoxy) is 1. The van der Waals surface area contributed by atoms with E-state index in [2.05, 4.69) is 5.32 Å². The zero-order valence-corrected chi connectivity index (χ0v) is 15.6. The highest BCUT2D eigenvalue weighted by Crippen LogP contribution is 2.22. The number of amides is 1. The Morgan fingerprint density at radius 1 is 1.19 bits per heavy atom. The van der Waals surface area contributed by atoms with Crippen LogP contribution in [-0.2, 0) is 28.9 Å². The number of rotatable bonds is 7. The molecule has 0 bridgehead atoms. The fraction of sp³-hybridized carbons (Fsp3) is 0.105. The van der Waals surface area contributed by atoms with Crippen LogP contribution in [0.25, 0.3) is 0 Å². The van der Waals surface area contributed by atoms with Crippen molar-refractivity contribution in [2.75, 3.05) is 5.32 Å². The average Bonchev–Trinajstić information content (AvgIpc) is 3.16. The third kappa shape index (κ3) is 5.19. The Hall–Kier alpha value is -2.61. The van der Waals surface area contributed by atoms with Gasteiger partial charge in [-0.25, -0.2) is 0 Å². The number of furan rings is 1. The molecule has 0 saturated carbocycles. The molecule has 27 heavy (non-hydrogen) atoms. The first-order chi connectivity index (χ1) is 13.0. The highest BCUT2D eigenvalue weighted by atomic mass is 35.5. The van der Waals surface area contributed by atoms with E-state index in [-0.39, 0.29) is 23.8 Å². The molecule has 0 radical (unpaired) electrons. The molecule has 140 valence electrons. The third-order valence-corrected chi connectivity index (χ3v) is 4.84. The van der Waals surface area contributed by atoms with Gasteiger partial charge in [0, 0.05) is 27.2 Å². The summed E-state index contributed by atoms with van der Waals surface area (Å²) in [5.41, 5.74) is 1.53. The molecule has 1 heterocycles. The second-order valence-corrected chi connectivity index (χ2v) is 6.94. The molecule has 8 heteroatoms. The first kappa shape index (κ1) is 19.2. The Kier molecular flexibility index (Phi) is 6.28. The average molecular weight is 405 g/mol. The molecule has 0 saturated heterocycles. The van der Waals surface area contributed by atoms with Gasteiger partial charge in [0.1, 0.15) is 12.9 Å². The van der Waals surface area contributed by atoms with Gasteiger partial charge in [-0.05, 0) is 34.8 Å². The van der Waals surface area contributed by atoms with Crippen LogP contribution in [0, 0.1) is 0 Å². The summed E-state index contributed by atoms with van der Waals surface area (Å²) in [7, 11) is 0. The lowest BCUT2D eigenvalue weighted by atomic mass is 10.1. The molecule has 3 rings (SSSR count). The van der Waals surface area contributed by atoms with Crippen molar-refractivity contribution < 1.29 is 22.7 Å². The van der Waals surface area contributed by atoms with E-state index in [9.17, 15) is 13.6 Å². The minimum Gasteiger partial charge on any atom is -0.768 e. The number of carbonyl (C=O) groups excluding carboxylic acids is 1. The number of benzene rings is 2. The zero-order valence-electron chi connectivity index (χ0n) is 14.0. The van der Waals surface area contributed by atoms with Crippen molar-refractivity contribution >= 4 is 34.3 Å². The monoisotopic (exact) mass is 404 g/mol. The summed E-state index contributed by atoms with van der Waals surface area (Å²) in [6, 6.07) is 13.3. The molecule has 2 aromatic carbocycles. The molecule has 1 unspecified atom stereocenters. The van der Waals surface area contributed by atoms with Crippen LogP contribution in [0.1, 0.15) is 11.1 Å². The molecule has 0 aliphatic heterocycles. The van der Waals surface area contributed by atoms with Crippen LogP contribution < -0.4 is 10.1 Å². The van der Waals surface area contributed by atoms with Gasteiger partial charge in [-0.1, -0.05) is 35.9 Å². The number of nitrogens with one attached hydrogen (secondary N) is 1. The van der Waals surface area contributed by atoms with Crippen LogP contribution in [0.3, 0.4) is 0 Å². The Morgan fingerprint density at radius 3 is 2.70 bits per heavy atom. The molecule has 1 amide bonds. The first-order valence-electron chi connectivity index (χ1n) is 7.93. The van der Waals surface area contributed by atoms with Crippen molar-refractivity contribution in [1.29, 1.82) is 0 Å². The van der Waals surface area contributed by atoms with Gasteiger partial charge in [0.15, 0.2) is 5.75 Å². The standard InChI is InChI=1S/C19H16ClNO5S/c20-17-4-2-1-3-13(17)9-19(22)21-15-6-5-14(18(10-15)27(23)24)11-26-16-7-8-25-12-16/h1-8,10,12H,9,11H2,(H,21,22)(H,23,24)/p-1. The van der Waals surface area contributed by atoms with E-state index in [0.717, 1.165) is 0 Å². The number of anilines is 1. The Bertz CT molecular complexity index is 958. The first-order valence-corrected chi connectivity index (χ1v) is 9.38. The van der Waals surface area contributed by atoms with Crippen LogP contribution in [0.4, 0.5) is 5.69 Å². The van der Waals surface area contributed by atoms with Gasteiger partial charge in [-0.3, -0.25) is 9.00 Å². The van der Waals surface area contributed by atoms with Crippen LogP contribution in [-0.4, -0.2) is 14.7 Å². The van der Waals surface area contributed by atoms with E-state index in [4.69, 9.17) is 20.8 Å². The normalized spacial score (nSPS) is 11.8. The Balaban J connectivity index is 1.70. The maximum Gasteiger partial charge on any atom is 0.228 e. The van der Waals surface area contributed by atoms with Crippen LogP contribution >= 0.6 is 11.6 Å². The summed E-state index contributed by atoms with van der Waals surface area (Å²) in [5, 5.41) is 3.18. The summed E-state index contributed by atoms with van der Waals surface area (Å²) in [4.78, 5) is 12.3. The zero-order chi connectivity index (χ0) is 19.2. The van der Waals surface area contributed by atoms with Crippen LogP contribution in [0.2, 0.25) is 5.02 Å². The van der Waals surface area contributed by atoms with Crippen molar-refractivity contribution in [1.82, 2.24) is 0 Å². The van der Waals surface area contributed by atoms with Gasteiger partial charge in [-0.15, -0.1) is 0 Å². The fourth-order valence-electron chi connectivity index (χ4n) is 2.42. The second kappa shape index (κ2) is 8.85. The topological polar surface area (TPSA) is 91.6 Å². The van der Waals surface area contributed by atoms with Gasteiger partial charge in [0.25, 0.3) is 0 Å². The highest BCUT2D eigenvalue weighted by Gasteiger charge is 2.10. The predicted molar refractivity (Wildman–Crippen MR) is 100 cm³/mol. The van der Waals surface area contributed by atoms with Crippen molar-refractivity contribution in [3.63, 3.8) is 0 Å². The highest BCUT2D eigenvalue weighted by molar-refractivity contribution is 7.79. The van der Waals surface area contributed by atoms with Crippen molar-refractivity contribution in [3.8, 4) is 5.75 Å². The minimum atomic E-state index is -2.48. The smallest absolute Gasteiger partial charge is 0.228 e. The van der Waals surface area contributed by atoms with E-state index >= 15 is 0 Å². The molecule has 6 nitrogen and oxygen atoms in total. The largest absolute Gasteiger partial charge is 0.768 e. The fourth-order valence-corrected chi connectivity index (χ4v) is 3.19. The van der Waals surface area contributed by atoms with E-state index in [1.54, 1.807) is 42.5 Å². The summed E-state index contributed by atoms with van der Waals surface area (Å²) >= 11 is 3.57. The van der Waals surface area contributed by atoms with E-state index in [1.807, 2.05) is 0 Å². The van der Waals surface area contributed by atoms with Gasteiger partial charge in [0.05, 0.1) is 12.7 Å². The molecular weight excluding hydrogens is 390 g/mol. The number of hydrogen-bond donors (Lipinski definition) is 1. The van der Waals surface area contributed by atoms with Gasteiger partial charge < -0.3 is 19.0 Å². The molecule has 0 spiro atoms. The minimum absolute atomic E-state index is 0.0500. The van der Waals surface area contributed by atoms with E-state index < -0.39 is 11.1 Å². The lowest BCUT2D eigenvalue weighted by Crippen LogP contribution is -2.15. The summed E-state index contributed by atoms with van der Waals surface area (Å²) in [6.45, 7) is 0.0523. The molecule has 1 N–H and O–H groups in total. The molecule has 0 fully saturated rings. The number of halogens is 1. The quantitative estimate of drug-likeness (QED) is 0.602. The van der Waals surface area contributed by atoms with Crippen LogP contribution in [0.15, 0.2) is 70.4 Å². The van der Waals surface area contributed by atoms with Gasteiger partial charge in [0.2, 0.25) is 5.91 Å². The molecule has 0 aliphatic carbocycles. The number of carbonyl (C=O) groups is 1. The SMILES string of the molecule is O=C(Cc1ccccc1Cl)Nc1ccc(COc2ccoc2)c(S(=O)[O-])c1. The molecule has 3 aromatic rings. The Labute approximate surface area is 163 Å². The maximum atomic E-state index is 12.2. The third-order valence-electron chi connectivity index (χ3n) is 3.73. The summed E-state index contributed by atoms with van der Waals surface area (Å²) < 4.78 is 33.5. The molecule has 0 aliphatic rings. The lowest BCUT2D eigenvalue weighted by molar-refractivity contribution is -0.115. The summed E-state index contributed by atoms with van der Waals surface area (Å²) in [5.74, 6) is 0.197. The second-order valence-electron chi connectivity index (χ2n) is 5.62. The van der Waals surface area contributed by atoms with Crippen molar-refractivity contribution in [2.45, 2.75) is 17.9 Å². The molecule has 1 atom stereocenters. The molecule has 1 aromatic heterocycles. The Morgan fingerprint density at radius 2 is 2.00 bits per heavy atom. The van der Waals surface area contributed by atoms with Crippen LogP contribution in [0.5, 0.6) is 5.75 Å². The number of hydrogen-bond acceptors (Lipinski definition) is 5. The van der Waals surface area contributed by atoms with Gasteiger partial charge in [-0.2, -0.15) is 0 Å². The maximum absolute atomic E-state index is 12.2. The van der Waals surface area contributed by atoms with E-state index in [0.29, 0.717) is 27.6 Å². The predicted octanol–water partition coefficient (Wildman–Crippen LogP) is 3.93. The van der Waals surface area contributed by atoms with Crippen molar-refractivity contribution in [2.24, 2.45) is 0 Å². The lowest BCUT2D eigenvalue weighted by Gasteiger charge is -2.15. The molecular formula is C19H15ClNO5S-. The van der Waals surface area contributed by atoms with Gasteiger partial charge >= 0.3 is 0 Å².